The van der Waals surface area contributed by atoms with Gasteiger partial charge < -0.3 is 19.4 Å². The van der Waals surface area contributed by atoms with E-state index in [-0.39, 0.29) is 12.1 Å². The highest BCUT2D eigenvalue weighted by Crippen LogP contribution is 2.22. The first kappa shape index (κ1) is 11.5. The molecule has 2 atom stereocenters. The van der Waals surface area contributed by atoms with Crippen molar-refractivity contribution in [2.45, 2.75) is 25.1 Å². The van der Waals surface area contributed by atoms with Crippen LogP contribution in [0.25, 0.3) is 0 Å². The molecule has 0 saturated carbocycles. The van der Waals surface area contributed by atoms with E-state index in [1.807, 2.05) is 4.57 Å². The molecule has 6 heteroatoms. The molecule has 0 aromatic carbocycles. The molecule has 1 aliphatic heterocycles. The predicted octanol–water partition coefficient (Wildman–Crippen LogP) is -0.0261. The van der Waals surface area contributed by atoms with Crippen molar-refractivity contribution in [3.63, 3.8) is 0 Å². The lowest BCUT2D eigenvalue weighted by molar-refractivity contribution is 0.117. The minimum absolute atomic E-state index is 0.240. The minimum atomic E-state index is 0.240. The molecule has 1 fully saturated rings. The molecule has 1 aliphatic rings. The quantitative estimate of drug-likeness (QED) is 0.764. The Morgan fingerprint density at radius 1 is 1.56 bits per heavy atom. The van der Waals surface area contributed by atoms with Crippen molar-refractivity contribution in [1.29, 1.82) is 0 Å². The van der Waals surface area contributed by atoms with Crippen LogP contribution in [0.15, 0.2) is 6.33 Å². The molecule has 0 aliphatic carbocycles. The highest BCUT2D eigenvalue weighted by molar-refractivity contribution is 5.00. The van der Waals surface area contributed by atoms with Gasteiger partial charge in [0.05, 0.1) is 18.8 Å². The summed E-state index contributed by atoms with van der Waals surface area (Å²) in [5, 5.41) is 11.5. The Hall–Kier alpha value is -0.980. The monoisotopic (exact) mass is 226 g/mol. The minimum Gasteiger partial charge on any atom is -0.383 e. The highest BCUT2D eigenvalue weighted by Gasteiger charge is 2.28. The van der Waals surface area contributed by atoms with E-state index in [1.165, 1.54) is 0 Å². The van der Waals surface area contributed by atoms with E-state index in [9.17, 15) is 0 Å². The Labute approximate surface area is 94.9 Å². The molecule has 0 bridgehead atoms. The predicted molar refractivity (Wildman–Crippen MR) is 58.1 cm³/mol. The highest BCUT2D eigenvalue weighted by atomic mass is 16.5. The molecule has 6 nitrogen and oxygen atoms in total. The summed E-state index contributed by atoms with van der Waals surface area (Å²) >= 11 is 0. The molecule has 2 rings (SSSR count). The molecular weight excluding hydrogens is 208 g/mol. The second-order valence-corrected chi connectivity index (χ2v) is 3.93. The van der Waals surface area contributed by atoms with E-state index in [0.29, 0.717) is 6.61 Å². The summed E-state index contributed by atoms with van der Waals surface area (Å²) in [5.41, 5.74) is 0. The van der Waals surface area contributed by atoms with Gasteiger partial charge in [-0.15, -0.1) is 10.2 Å². The zero-order valence-corrected chi connectivity index (χ0v) is 9.72. The van der Waals surface area contributed by atoms with Crippen LogP contribution >= 0.6 is 0 Å². The third-order valence-corrected chi connectivity index (χ3v) is 2.92. The number of nitrogens with zero attached hydrogens (tertiary/aromatic N) is 3. The smallest absolute Gasteiger partial charge is 0.150 e. The van der Waals surface area contributed by atoms with E-state index in [2.05, 4.69) is 15.5 Å². The first-order valence-corrected chi connectivity index (χ1v) is 5.48. The molecule has 90 valence electrons. The average Bonchev–Trinajstić information content (AvgIpc) is 2.94. The van der Waals surface area contributed by atoms with E-state index in [4.69, 9.17) is 9.47 Å². The van der Waals surface area contributed by atoms with Crippen LogP contribution < -0.4 is 5.32 Å². The number of ether oxygens (including phenoxy) is 2. The van der Waals surface area contributed by atoms with Crippen molar-refractivity contribution in [2.24, 2.45) is 0 Å². The number of hydrogen-bond donors (Lipinski definition) is 1. The maximum atomic E-state index is 5.32. The lowest BCUT2D eigenvalue weighted by atomic mass is 10.2. The van der Waals surface area contributed by atoms with Crippen molar-refractivity contribution in [2.75, 3.05) is 27.4 Å². The van der Waals surface area contributed by atoms with Crippen LogP contribution in [-0.2, 0) is 16.0 Å². The Balaban J connectivity index is 2.00. The summed E-state index contributed by atoms with van der Waals surface area (Å²) in [6, 6.07) is 0.240. The third-order valence-electron chi connectivity index (χ3n) is 2.92. The van der Waals surface area contributed by atoms with Crippen LogP contribution in [0, 0.1) is 0 Å². The van der Waals surface area contributed by atoms with Crippen LogP contribution in [0.3, 0.4) is 0 Å². The zero-order valence-electron chi connectivity index (χ0n) is 9.72. The largest absolute Gasteiger partial charge is 0.383 e. The Morgan fingerprint density at radius 2 is 2.44 bits per heavy atom. The van der Waals surface area contributed by atoms with E-state index < -0.39 is 0 Å². The molecule has 0 spiro atoms. The van der Waals surface area contributed by atoms with E-state index in [0.717, 1.165) is 25.3 Å². The van der Waals surface area contributed by atoms with Crippen LogP contribution in [0.2, 0.25) is 0 Å². The second kappa shape index (κ2) is 5.38. The van der Waals surface area contributed by atoms with Crippen LogP contribution in [0.1, 0.15) is 18.3 Å². The average molecular weight is 226 g/mol. The SMILES string of the molecule is COCCn1cnnc1C1CC(OC)CN1. The Morgan fingerprint density at radius 3 is 3.12 bits per heavy atom. The van der Waals surface area contributed by atoms with Crippen molar-refractivity contribution in [3.05, 3.63) is 12.2 Å². The fourth-order valence-corrected chi connectivity index (χ4v) is 1.98. The zero-order chi connectivity index (χ0) is 11.4. The van der Waals surface area contributed by atoms with Crippen LogP contribution in [-0.4, -0.2) is 48.2 Å². The van der Waals surface area contributed by atoms with Gasteiger partial charge in [0.1, 0.15) is 12.2 Å². The Bertz CT molecular complexity index is 328. The topological polar surface area (TPSA) is 61.2 Å². The normalized spacial score (nSPS) is 25.1. The number of rotatable bonds is 5. The van der Waals surface area contributed by atoms with E-state index >= 15 is 0 Å². The lowest BCUT2D eigenvalue weighted by Crippen LogP contribution is -2.19. The number of aromatic nitrogens is 3. The third kappa shape index (κ3) is 2.40. The van der Waals surface area contributed by atoms with Gasteiger partial charge in [-0.05, 0) is 6.42 Å². The summed E-state index contributed by atoms with van der Waals surface area (Å²) in [6.07, 6.45) is 2.97. The number of hydrogen-bond acceptors (Lipinski definition) is 5. The Kier molecular flexibility index (Phi) is 3.87. The van der Waals surface area contributed by atoms with Gasteiger partial charge in [-0.1, -0.05) is 0 Å². The van der Waals surface area contributed by atoms with Crippen molar-refractivity contribution >= 4 is 0 Å². The van der Waals surface area contributed by atoms with Crippen molar-refractivity contribution in [3.8, 4) is 0 Å². The number of methoxy groups -OCH3 is 2. The van der Waals surface area contributed by atoms with Gasteiger partial charge in [-0.3, -0.25) is 0 Å². The molecule has 2 unspecified atom stereocenters. The van der Waals surface area contributed by atoms with Gasteiger partial charge in [0, 0.05) is 27.3 Å². The first-order valence-electron chi connectivity index (χ1n) is 5.48. The summed E-state index contributed by atoms with van der Waals surface area (Å²) in [6.45, 7) is 2.33. The summed E-state index contributed by atoms with van der Waals surface area (Å²) in [4.78, 5) is 0. The van der Waals surface area contributed by atoms with Gasteiger partial charge in [0.15, 0.2) is 0 Å². The van der Waals surface area contributed by atoms with Gasteiger partial charge >= 0.3 is 0 Å². The van der Waals surface area contributed by atoms with Gasteiger partial charge in [-0.2, -0.15) is 0 Å². The number of nitrogens with one attached hydrogen (secondary N) is 1. The fourth-order valence-electron chi connectivity index (χ4n) is 1.98. The molecule has 1 aromatic rings. The van der Waals surface area contributed by atoms with Gasteiger partial charge in [0.2, 0.25) is 0 Å². The molecule has 1 saturated heterocycles. The summed E-state index contributed by atoms with van der Waals surface area (Å²) in [5.74, 6) is 0.969. The molecule has 0 amide bonds. The van der Waals surface area contributed by atoms with Gasteiger partial charge in [0.25, 0.3) is 0 Å². The fraction of sp³-hybridized carbons (Fsp3) is 0.800. The molecule has 16 heavy (non-hydrogen) atoms. The van der Waals surface area contributed by atoms with E-state index in [1.54, 1.807) is 20.5 Å². The maximum Gasteiger partial charge on any atom is 0.150 e. The van der Waals surface area contributed by atoms with Crippen LogP contribution in [0.4, 0.5) is 0 Å². The summed E-state index contributed by atoms with van der Waals surface area (Å²) < 4.78 is 12.4. The molecule has 1 aromatic heterocycles. The molecule has 2 heterocycles. The molecular formula is C10H18N4O2. The van der Waals surface area contributed by atoms with Crippen LogP contribution in [0.5, 0.6) is 0 Å². The molecule has 0 radical (unpaired) electrons. The standard InChI is InChI=1S/C10H18N4O2/c1-15-4-3-14-7-12-13-10(14)9-5-8(16-2)6-11-9/h7-9,11H,3-6H2,1-2H3. The first-order chi connectivity index (χ1) is 7.85. The van der Waals surface area contributed by atoms with Gasteiger partial charge in [-0.25, -0.2) is 0 Å². The second-order valence-electron chi connectivity index (χ2n) is 3.93. The van der Waals surface area contributed by atoms with Crippen molar-refractivity contribution in [1.82, 2.24) is 20.1 Å². The lowest BCUT2D eigenvalue weighted by Gasteiger charge is -2.11. The molecule has 1 N–H and O–H groups in total. The summed E-state index contributed by atoms with van der Waals surface area (Å²) in [7, 11) is 3.43. The van der Waals surface area contributed by atoms with Crippen molar-refractivity contribution < 1.29 is 9.47 Å². The maximum absolute atomic E-state index is 5.32.